The number of thioether (sulfide) groups is 1. The first-order valence-electron chi connectivity index (χ1n) is 10.2. The standard InChI is InChI=1S/C23H24F3N3S/c24-23(25,26)18-9-10-20-19(15-18)22(17-7-3-1-4-8-17)27-16-21(28-20)30-14-13-29-11-5-2-6-12-29/h1,3-4,7-10,15H,2,5-6,11-14,16H2. The minimum atomic E-state index is -4.40. The Balaban J connectivity index is 1.60. The Labute approximate surface area is 179 Å². The van der Waals surface area contributed by atoms with Gasteiger partial charge in [0.2, 0.25) is 0 Å². The largest absolute Gasteiger partial charge is 0.416 e. The highest BCUT2D eigenvalue weighted by atomic mass is 32.2. The number of likely N-dealkylation sites (tertiary alicyclic amines) is 1. The monoisotopic (exact) mass is 431 g/mol. The minimum Gasteiger partial charge on any atom is -0.303 e. The van der Waals surface area contributed by atoms with E-state index in [0.29, 0.717) is 23.5 Å². The van der Waals surface area contributed by atoms with Gasteiger partial charge < -0.3 is 4.90 Å². The zero-order valence-electron chi connectivity index (χ0n) is 16.7. The van der Waals surface area contributed by atoms with Gasteiger partial charge in [0.1, 0.15) is 0 Å². The maximum absolute atomic E-state index is 13.3. The molecule has 158 valence electrons. The predicted molar refractivity (Wildman–Crippen MR) is 118 cm³/mol. The van der Waals surface area contributed by atoms with E-state index in [9.17, 15) is 13.2 Å². The van der Waals surface area contributed by atoms with Gasteiger partial charge in [-0.05, 0) is 44.1 Å². The first kappa shape index (κ1) is 21.1. The fraction of sp³-hybridized carbons (Fsp3) is 0.391. The van der Waals surface area contributed by atoms with Crippen molar-refractivity contribution in [3.8, 4) is 0 Å². The van der Waals surface area contributed by atoms with Crippen LogP contribution in [0.5, 0.6) is 0 Å². The molecule has 0 saturated carbocycles. The van der Waals surface area contributed by atoms with Crippen molar-refractivity contribution in [2.24, 2.45) is 9.98 Å². The molecule has 3 nitrogen and oxygen atoms in total. The smallest absolute Gasteiger partial charge is 0.303 e. The lowest BCUT2D eigenvalue weighted by molar-refractivity contribution is -0.137. The molecule has 0 amide bonds. The number of aliphatic imine (C=N–C) groups is 2. The van der Waals surface area contributed by atoms with E-state index < -0.39 is 11.7 Å². The third-order valence-corrected chi connectivity index (χ3v) is 6.31. The van der Waals surface area contributed by atoms with E-state index in [-0.39, 0.29) is 0 Å². The molecule has 0 aromatic heterocycles. The number of halogens is 3. The lowest BCUT2D eigenvalue weighted by atomic mass is 9.98. The molecule has 1 fully saturated rings. The molecule has 30 heavy (non-hydrogen) atoms. The molecule has 0 unspecified atom stereocenters. The summed E-state index contributed by atoms with van der Waals surface area (Å²) in [5.74, 6) is 0.908. The van der Waals surface area contributed by atoms with Crippen molar-refractivity contribution >= 4 is 28.2 Å². The van der Waals surface area contributed by atoms with Crippen LogP contribution in [0.25, 0.3) is 0 Å². The number of fused-ring (bicyclic) bond motifs is 1. The molecule has 2 heterocycles. The molecule has 2 aromatic carbocycles. The third-order valence-electron chi connectivity index (χ3n) is 5.37. The highest BCUT2D eigenvalue weighted by molar-refractivity contribution is 8.14. The van der Waals surface area contributed by atoms with Crippen LogP contribution in [0.1, 0.15) is 36.0 Å². The van der Waals surface area contributed by atoms with Crippen molar-refractivity contribution in [3.05, 3.63) is 65.2 Å². The fourth-order valence-electron chi connectivity index (χ4n) is 3.80. The van der Waals surface area contributed by atoms with Gasteiger partial charge in [0.05, 0.1) is 28.6 Å². The molecule has 2 aliphatic heterocycles. The van der Waals surface area contributed by atoms with Gasteiger partial charge in [-0.25, -0.2) is 4.99 Å². The van der Waals surface area contributed by atoms with Crippen LogP contribution in [0.4, 0.5) is 18.9 Å². The Morgan fingerprint density at radius 2 is 1.73 bits per heavy atom. The lowest BCUT2D eigenvalue weighted by Crippen LogP contribution is -2.31. The highest BCUT2D eigenvalue weighted by Crippen LogP contribution is 2.35. The predicted octanol–water partition coefficient (Wildman–Crippen LogP) is 5.81. The lowest BCUT2D eigenvalue weighted by Gasteiger charge is -2.26. The maximum atomic E-state index is 13.3. The zero-order valence-corrected chi connectivity index (χ0v) is 17.5. The van der Waals surface area contributed by atoms with Crippen LogP contribution in [0.3, 0.4) is 0 Å². The van der Waals surface area contributed by atoms with Crippen LogP contribution in [0.2, 0.25) is 0 Å². The summed E-state index contributed by atoms with van der Waals surface area (Å²) >= 11 is 1.65. The molecular formula is C23H24F3N3S. The van der Waals surface area contributed by atoms with Crippen LogP contribution in [0, 0.1) is 0 Å². The molecule has 0 aliphatic carbocycles. The maximum Gasteiger partial charge on any atom is 0.416 e. The van der Waals surface area contributed by atoms with E-state index >= 15 is 0 Å². The van der Waals surface area contributed by atoms with Crippen molar-refractivity contribution < 1.29 is 13.2 Å². The quantitative estimate of drug-likeness (QED) is 0.611. The first-order chi connectivity index (χ1) is 14.5. The number of alkyl halides is 3. The molecule has 0 N–H and O–H groups in total. The Morgan fingerprint density at radius 1 is 0.967 bits per heavy atom. The number of nitrogens with zero attached hydrogens (tertiary/aromatic N) is 3. The van der Waals surface area contributed by atoms with Gasteiger partial charge in [-0.15, -0.1) is 11.8 Å². The van der Waals surface area contributed by atoms with Crippen LogP contribution in [-0.4, -0.2) is 47.6 Å². The number of benzene rings is 2. The van der Waals surface area contributed by atoms with E-state index in [1.807, 2.05) is 30.3 Å². The summed E-state index contributed by atoms with van der Waals surface area (Å²) in [5.41, 5.74) is 1.66. The van der Waals surface area contributed by atoms with Gasteiger partial charge in [0.15, 0.2) is 0 Å². The van der Waals surface area contributed by atoms with Gasteiger partial charge in [-0.1, -0.05) is 36.8 Å². The molecule has 0 bridgehead atoms. The second-order valence-electron chi connectivity index (χ2n) is 7.52. The van der Waals surface area contributed by atoms with Gasteiger partial charge in [0, 0.05) is 23.4 Å². The summed E-state index contributed by atoms with van der Waals surface area (Å²) in [6.07, 6.45) is -0.584. The molecule has 0 radical (unpaired) electrons. The summed E-state index contributed by atoms with van der Waals surface area (Å²) < 4.78 is 40.0. The summed E-state index contributed by atoms with van der Waals surface area (Å²) in [6.45, 7) is 3.67. The second-order valence-corrected chi connectivity index (χ2v) is 8.69. The summed E-state index contributed by atoms with van der Waals surface area (Å²) in [7, 11) is 0. The molecule has 2 aromatic rings. The molecule has 2 aliphatic rings. The topological polar surface area (TPSA) is 28.0 Å². The Bertz CT molecular complexity index is 932. The number of piperidine rings is 1. The van der Waals surface area contributed by atoms with Crippen molar-refractivity contribution in [1.29, 1.82) is 0 Å². The number of hydrogen-bond donors (Lipinski definition) is 0. The summed E-state index contributed by atoms with van der Waals surface area (Å²) in [5, 5.41) is 0.846. The Kier molecular flexibility index (Phi) is 6.58. The molecule has 4 rings (SSSR count). The average Bonchev–Trinajstić information content (AvgIpc) is 2.93. The molecule has 7 heteroatoms. The van der Waals surface area contributed by atoms with E-state index in [0.717, 1.165) is 42.1 Å². The molecule has 1 saturated heterocycles. The Hall–Kier alpha value is -2.12. The Morgan fingerprint density at radius 3 is 2.47 bits per heavy atom. The van der Waals surface area contributed by atoms with E-state index in [4.69, 9.17) is 4.99 Å². The summed E-state index contributed by atoms with van der Waals surface area (Å²) in [4.78, 5) is 11.9. The van der Waals surface area contributed by atoms with Crippen molar-refractivity contribution in [1.82, 2.24) is 4.90 Å². The first-order valence-corrected chi connectivity index (χ1v) is 11.2. The zero-order chi connectivity index (χ0) is 21.0. The van der Waals surface area contributed by atoms with E-state index in [2.05, 4.69) is 9.89 Å². The minimum absolute atomic E-state index is 0.380. The van der Waals surface area contributed by atoms with E-state index in [1.165, 1.54) is 31.4 Å². The third kappa shape index (κ3) is 5.13. The van der Waals surface area contributed by atoms with Crippen molar-refractivity contribution in [3.63, 3.8) is 0 Å². The van der Waals surface area contributed by atoms with E-state index in [1.54, 1.807) is 11.8 Å². The average molecular weight is 432 g/mol. The van der Waals surface area contributed by atoms with Crippen molar-refractivity contribution in [2.75, 3.05) is 31.9 Å². The van der Waals surface area contributed by atoms with Crippen LogP contribution in [-0.2, 0) is 6.18 Å². The number of rotatable bonds is 4. The van der Waals surface area contributed by atoms with Gasteiger partial charge in [0.25, 0.3) is 0 Å². The van der Waals surface area contributed by atoms with Gasteiger partial charge >= 0.3 is 6.18 Å². The van der Waals surface area contributed by atoms with Crippen LogP contribution in [0.15, 0.2) is 58.5 Å². The molecule has 0 spiro atoms. The van der Waals surface area contributed by atoms with Crippen LogP contribution < -0.4 is 0 Å². The number of hydrogen-bond acceptors (Lipinski definition) is 4. The SMILES string of the molecule is FC(F)(F)c1ccc2c(c1)C(c1ccccc1)=NCC(SCCN1CCCCC1)=N2. The van der Waals surface area contributed by atoms with Gasteiger partial charge in [-0.2, -0.15) is 13.2 Å². The summed E-state index contributed by atoms with van der Waals surface area (Å²) in [6, 6.07) is 13.1. The van der Waals surface area contributed by atoms with Crippen molar-refractivity contribution in [2.45, 2.75) is 25.4 Å². The van der Waals surface area contributed by atoms with Crippen LogP contribution >= 0.6 is 11.8 Å². The van der Waals surface area contributed by atoms with Gasteiger partial charge in [-0.3, -0.25) is 4.99 Å². The highest BCUT2D eigenvalue weighted by Gasteiger charge is 2.32. The second kappa shape index (κ2) is 9.35. The normalized spacial score (nSPS) is 17.7. The molecule has 0 atom stereocenters. The molecular weight excluding hydrogens is 407 g/mol. The fourth-order valence-corrected chi connectivity index (χ4v) is 4.70.